The Bertz CT molecular complexity index is 542. The summed E-state index contributed by atoms with van der Waals surface area (Å²) in [6.07, 6.45) is 2.17. The second-order valence-corrected chi connectivity index (χ2v) is 6.22. The lowest BCUT2D eigenvalue weighted by atomic mass is 10.1. The summed E-state index contributed by atoms with van der Waals surface area (Å²) in [5.74, 6) is 0. The van der Waals surface area contributed by atoms with Crippen molar-refractivity contribution in [3.05, 3.63) is 39.3 Å². The molecular formula is C16H25N3S. The van der Waals surface area contributed by atoms with E-state index in [2.05, 4.69) is 60.3 Å². The molecule has 2 aromatic rings. The molecule has 0 saturated carbocycles. The van der Waals surface area contributed by atoms with Crippen molar-refractivity contribution >= 4 is 11.3 Å². The Morgan fingerprint density at radius 1 is 1.35 bits per heavy atom. The van der Waals surface area contributed by atoms with Crippen molar-refractivity contribution in [2.24, 2.45) is 0 Å². The van der Waals surface area contributed by atoms with E-state index >= 15 is 0 Å². The molecule has 20 heavy (non-hydrogen) atoms. The highest BCUT2D eigenvalue weighted by Gasteiger charge is 2.17. The molecule has 0 bridgehead atoms. The third-order valence-electron chi connectivity index (χ3n) is 3.56. The number of aromatic nitrogens is 2. The van der Waals surface area contributed by atoms with Gasteiger partial charge in [-0.2, -0.15) is 5.10 Å². The number of nitrogens with one attached hydrogen (secondary N) is 1. The molecule has 0 fully saturated rings. The minimum absolute atomic E-state index is 0.399. The summed E-state index contributed by atoms with van der Waals surface area (Å²) in [7, 11) is 0. The normalized spacial score (nSPS) is 12.8. The van der Waals surface area contributed by atoms with Crippen LogP contribution in [0.4, 0.5) is 0 Å². The van der Waals surface area contributed by atoms with Crippen molar-refractivity contribution in [2.45, 2.75) is 53.1 Å². The van der Waals surface area contributed by atoms with Crippen LogP contribution in [0.1, 0.15) is 48.1 Å². The Morgan fingerprint density at radius 2 is 2.15 bits per heavy atom. The van der Waals surface area contributed by atoms with Gasteiger partial charge in [-0.25, -0.2) is 0 Å². The molecule has 2 heterocycles. The first-order valence-corrected chi connectivity index (χ1v) is 8.34. The van der Waals surface area contributed by atoms with Gasteiger partial charge in [-0.15, -0.1) is 11.3 Å². The fraction of sp³-hybridized carbons (Fsp3) is 0.562. The largest absolute Gasteiger partial charge is 0.309 e. The summed E-state index contributed by atoms with van der Waals surface area (Å²) >= 11 is 1.86. The highest BCUT2D eigenvalue weighted by atomic mass is 32.1. The molecule has 1 unspecified atom stereocenters. The summed E-state index contributed by atoms with van der Waals surface area (Å²) in [6, 6.07) is 4.83. The van der Waals surface area contributed by atoms with Gasteiger partial charge >= 0.3 is 0 Å². The number of hydrogen-bond acceptors (Lipinski definition) is 3. The minimum Gasteiger partial charge on any atom is -0.309 e. The Balaban J connectivity index is 2.21. The van der Waals surface area contributed by atoms with Crippen molar-refractivity contribution in [3.8, 4) is 0 Å². The first-order chi connectivity index (χ1) is 9.65. The van der Waals surface area contributed by atoms with Gasteiger partial charge in [0.05, 0.1) is 5.69 Å². The van der Waals surface area contributed by atoms with Crippen LogP contribution in [0, 0.1) is 13.8 Å². The van der Waals surface area contributed by atoms with Crippen molar-refractivity contribution in [1.29, 1.82) is 0 Å². The highest BCUT2D eigenvalue weighted by molar-refractivity contribution is 7.10. The molecule has 3 nitrogen and oxygen atoms in total. The van der Waals surface area contributed by atoms with Crippen LogP contribution in [0.2, 0.25) is 0 Å². The van der Waals surface area contributed by atoms with Crippen molar-refractivity contribution in [2.75, 3.05) is 6.54 Å². The van der Waals surface area contributed by atoms with E-state index in [9.17, 15) is 0 Å². The third-order valence-corrected chi connectivity index (χ3v) is 4.69. The predicted molar refractivity (Wildman–Crippen MR) is 86.4 cm³/mol. The van der Waals surface area contributed by atoms with Gasteiger partial charge in [0.25, 0.3) is 0 Å². The average molecular weight is 291 g/mol. The number of thiophene rings is 1. The van der Waals surface area contributed by atoms with E-state index in [0.29, 0.717) is 6.04 Å². The Labute approximate surface area is 126 Å². The molecule has 2 aromatic heterocycles. The minimum atomic E-state index is 0.399. The van der Waals surface area contributed by atoms with Gasteiger partial charge in [0.15, 0.2) is 0 Å². The van der Waals surface area contributed by atoms with Gasteiger partial charge in [0, 0.05) is 29.6 Å². The fourth-order valence-electron chi connectivity index (χ4n) is 2.56. The molecule has 0 spiro atoms. The lowest BCUT2D eigenvalue weighted by Gasteiger charge is -2.19. The molecule has 1 N–H and O–H groups in total. The molecule has 110 valence electrons. The van der Waals surface area contributed by atoms with E-state index in [-0.39, 0.29) is 0 Å². The molecule has 0 saturated heterocycles. The predicted octanol–water partition coefficient (Wildman–Crippen LogP) is 3.86. The molecule has 0 aliphatic carbocycles. The quantitative estimate of drug-likeness (QED) is 0.839. The van der Waals surface area contributed by atoms with Crippen molar-refractivity contribution in [1.82, 2.24) is 15.1 Å². The zero-order chi connectivity index (χ0) is 14.5. The van der Waals surface area contributed by atoms with Gasteiger partial charge in [-0.05, 0) is 56.8 Å². The highest BCUT2D eigenvalue weighted by Crippen LogP contribution is 2.27. The van der Waals surface area contributed by atoms with Gasteiger partial charge in [-0.1, -0.05) is 6.92 Å². The molecule has 0 aliphatic heterocycles. The van der Waals surface area contributed by atoms with Crippen molar-refractivity contribution < 1.29 is 0 Å². The second-order valence-electron chi connectivity index (χ2n) is 5.27. The lowest BCUT2D eigenvalue weighted by Crippen LogP contribution is -2.25. The standard InChI is InChI=1S/C16H25N3S/c1-5-8-17-15(16-12(3)7-9-20-16)11-14-10-13(4)18-19(14)6-2/h7,9-10,15,17H,5-6,8,11H2,1-4H3. The topological polar surface area (TPSA) is 29.9 Å². The summed E-state index contributed by atoms with van der Waals surface area (Å²) in [4.78, 5) is 1.46. The maximum absolute atomic E-state index is 4.56. The zero-order valence-electron chi connectivity index (χ0n) is 12.9. The lowest BCUT2D eigenvalue weighted by molar-refractivity contribution is 0.507. The smallest absolute Gasteiger partial charge is 0.0596 e. The number of rotatable bonds is 7. The second kappa shape index (κ2) is 7.04. The molecular weight excluding hydrogens is 266 g/mol. The molecule has 4 heteroatoms. The third kappa shape index (κ3) is 3.49. The molecule has 0 aliphatic rings. The van der Waals surface area contributed by atoms with Crippen LogP contribution in [0.25, 0.3) is 0 Å². The van der Waals surface area contributed by atoms with Gasteiger partial charge < -0.3 is 5.32 Å². The summed E-state index contributed by atoms with van der Waals surface area (Å²) < 4.78 is 2.12. The van der Waals surface area contributed by atoms with Crippen LogP contribution in [0.3, 0.4) is 0 Å². The van der Waals surface area contributed by atoms with Crippen LogP contribution >= 0.6 is 11.3 Å². The Morgan fingerprint density at radius 3 is 2.75 bits per heavy atom. The van der Waals surface area contributed by atoms with E-state index in [1.807, 2.05) is 11.3 Å². The molecule has 1 atom stereocenters. The monoisotopic (exact) mass is 291 g/mol. The first kappa shape index (κ1) is 15.3. The van der Waals surface area contributed by atoms with E-state index in [0.717, 1.165) is 31.6 Å². The van der Waals surface area contributed by atoms with Crippen LogP contribution in [-0.2, 0) is 13.0 Å². The molecule has 2 rings (SSSR count). The summed E-state index contributed by atoms with van der Waals surface area (Å²) in [6.45, 7) is 10.6. The summed E-state index contributed by atoms with van der Waals surface area (Å²) in [5.41, 5.74) is 3.83. The van der Waals surface area contributed by atoms with Crippen molar-refractivity contribution in [3.63, 3.8) is 0 Å². The van der Waals surface area contributed by atoms with Crippen LogP contribution in [0.5, 0.6) is 0 Å². The maximum Gasteiger partial charge on any atom is 0.0596 e. The summed E-state index contributed by atoms with van der Waals surface area (Å²) in [5, 5.41) is 10.4. The van der Waals surface area contributed by atoms with Crippen LogP contribution in [0.15, 0.2) is 17.5 Å². The van der Waals surface area contributed by atoms with E-state index < -0.39 is 0 Å². The average Bonchev–Trinajstić information content (AvgIpc) is 3.00. The number of nitrogens with zero attached hydrogens (tertiary/aromatic N) is 2. The van der Waals surface area contributed by atoms with E-state index in [1.165, 1.54) is 16.1 Å². The zero-order valence-corrected chi connectivity index (χ0v) is 13.8. The maximum atomic E-state index is 4.56. The van der Waals surface area contributed by atoms with Crippen LogP contribution < -0.4 is 5.32 Å². The Hall–Kier alpha value is -1.13. The molecule has 0 amide bonds. The van der Waals surface area contributed by atoms with Gasteiger partial charge in [0.1, 0.15) is 0 Å². The Kier molecular flexibility index (Phi) is 5.38. The number of aryl methyl sites for hydroxylation is 3. The number of hydrogen-bond donors (Lipinski definition) is 1. The van der Waals surface area contributed by atoms with E-state index in [4.69, 9.17) is 0 Å². The molecule has 0 aromatic carbocycles. The SMILES string of the molecule is CCCNC(Cc1cc(C)nn1CC)c1sccc1C. The molecule has 0 radical (unpaired) electrons. The van der Waals surface area contributed by atoms with E-state index in [1.54, 1.807) is 0 Å². The van der Waals surface area contributed by atoms with Gasteiger partial charge in [0.2, 0.25) is 0 Å². The fourth-order valence-corrected chi connectivity index (χ4v) is 3.57. The first-order valence-electron chi connectivity index (χ1n) is 7.46. The van der Waals surface area contributed by atoms with Crippen LogP contribution in [-0.4, -0.2) is 16.3 Å². The van der Waals surface area contributed by atoms with Gasteiger partial charge in [-0.3, -0.25) is 4.68 Å².